The lowest BCUT2D eigenvalue weighted by atomic mass is 10.1. The smallest absolute Gasteiger partial charge is 0.132 e. The number of halogens is 1. The number of ether oxygens (including phenoxy) is 1. The molecule has 2 rings (SSSR count). The molecular formula is C9H10FNO2. The predicted molar refractivity (Wildman–Crippen MR) is 44.6 cm³/mol. The van der Waals surface area contributed by atoms with Crippen LogP contribution in [0.5, 0.6) is 5.75 Å². The highest BCUT2D eigenvalue weighted by molar-refractivity contribution is 5.40. The van der Waals surface area contributed by atoms with Gasteiger partial charge >= 0.3 is 0 Å². The van der Waals surface area contributed by atoms with Gasteiger partial charge in [-0.1, -0.05) is 0 Å². The van der Waals surface area contributed by atoms with Gasteiger partial charge in [-0.25, -0.2) is 10.3 Å². The lowest BCUT2D eigenvalue weighted by Gasteiger charge is -2.04. The number of nitrogens with two attached hydrogens (primary N) is 1. The minimum atomic E-state index is -0.328. The van der Waals surface area contributed by atoms with Gasteiger partial charge in [0, 0.05) is 18.1 Å². The fourth-order valence-electron chi connectivity index (χ4n) is 1.45. The highest BCUT2D eigenvalue weighted by Crippen LogP contribution is 2.28. The summed E-state index contributed by atoms with van der Waals surface area (Å²) in [6, 6.07) is 3.13. The number of rotatable bonds is 2. The lowest BCUT2D eigenvalue weighted by Crippen LogP contribution is -2.01. The number of benzene rings is 1. The van der Waals surface area contributed by atoms with Gasteiger partial charge in [0.25, 0.3) is 0 Å². The van der Waals surface area contributed by atoms with Crippen LogP contribution in [0.1, 0.15) is 11.1 Å². The second kappa shape index (κ2) is 3.32. The topological polar surface area (TPSA) is 44.5 Å². The molecule has 0 bridgehead atoms. The third-order valence-electron chi connectivity index (χ3n) is 2.10. The molecule has 0 fully saturated rings. The summed E-state index contributed by atoms with van der Waals surface area (Å²) in [6.07, 6.45) is 0.827. The highest BCUT2D eigenvalue weighted by atomic mass is 19.1. The van der Waals surface area contributed by atoms with Crippen molar-refractivity contribution >= 4 is 0 Å². The molecule has 1 aliphatic rings. The van der Waals surface area contributed by atoms with Crippen LogP contribution in [0.2, 0.25) is 0 Å². The second-order valence-electron chi connectivity index (χ2n) is 2.96. The van der Waals surface area contributed by atoms with Gasteiger partial charge in [-0.05, 0) is 11.6 Å². The first-order chi connectivity index (χ1) is 6.31. The van der Waals surface area contributed by atoms with Crippen molar-refractivity contribution in [3.8, 4) is 5.75 Å². The van der Waals surface area contributed by atoms with E-state index in [1.54, 1.807) is 6.07 Å². The van der Waals surface area contributed by atoms with Crippen LogP contribution < -0.4 is 10.6 Å². The van der Waals surface area contributed by atoms with Crippen LogP contribution in [-0.4, -0.2) is 6.61 Å². The average molecular weight is 183 g/mol. The summed E-state index contributed by atoms with van der Waals surface area (Å²) < 4.78 is 18.4. The molecule has 1 aromatic carbocycles. The molecule has 2 N–H and O–H groups in total. The Morgan fingerprint density at radius 3 is 3.15 bits per heavy atom. The molecule has 0 aliphatic carbocycles. The Hall–Kier alpha value is -1.13. The summed E-state index contributed by atoms with van der Waals surface area (Å²) in [6.45, 7) is 0.723. The maximum absolute atomic E-state index is 13.2. The van der Waals surface area contributed by atoms with Crippen LogP contribution >= 0.6 is 0 Å². The average Bonchev–Trinajstić information content (AvgIpc) is 2.52. The summed E-state index contributed by atoms with van der Waals surface area (Å²) >= 11 is 0. The molecule has 4 heteroatoms. The van der Waals surface area contributed by atoms with Crippen molar-refractivity contribution in [2.45, 2.75) is 13.0 Å². The lowest BCUT2D eigenvalue weighted by molar-refractivity contribution is 0.121. The number of fused-ring (bicyclic) bond motifs is 1. The Morgan fingerprint density at radius 1 is 1.54 bits per heavy atom. The highest BCUT2D eigenvalue weighted by Gasteiger charge is 2.15. The first kappa shape index (κ1) is 8.47. The molecule has 0 radical (unpaired) electrons. The molecule has 13 heavy (non-hydrogen) atoms. The minimum absolute atomic E-state index is 0.0963. The summed E-state index contributed by atoms with van der Waals surface area (Å²) in [5, 5.41) is 0. The summed E-state index contributed by atoms with van der Waals surface area (Å²) in [7, 11) is 0. The van der Waals surface area contributed by atoms with E-state index in [-0.39, 0.29) is 12.4 Å². The van der Waals surface area contributed by atoms with E-state index in [1.165, 1.54) is 6.07 Å². The predicted octanol–water partition coefficient (Wildman–Crippen LogP) is 1.15. The van der Waals surface area contributed by atoms with Gasteiger partial charge < -0.3 is 4.74 Å². The van der Waals surface area contributed by atoms with E-state index in [9.17, 15) is 4.39 Å². The van der Waals surface area contributed by atoms with E-state index in [4.69, 9.17) is 10.6 Å². The largest absolute Gasteiger partial charge is 0.493 e. The van der Waals surface area contributed by atoms with Crippen LogP contribution in [0.25, 0.3) is 0 Å². The van der Waals surface area contributed by atoms with Crippen molar-refractivity contribution in [2.24, 2.45) is 5.90 Å². The molecule has 0 atom stereocenters. The van der Waals surface area contributed by atoms with Gasteiger partial charge in [0.2, 0.25) is 0 Å². The maximum atomic E-state index is 13.2. The zero-order valence-corrected chi connectivity index (χ0v) is 7.05. The van der Waals surface area contributed by atoms with Crippen molar-refractivity contribution in [3.05, 3.63) is 29.1 Å². The molecule has 0 saturated carbocycles. The normalized spacial score (nSPS) is 14.0. The molecule has 1 aromatic rings. The van der Waals surface area contributed by atoms with E-state index in [1.807, 2.05) is 0 Å². The van der Waals surface area contributed by atoms with Crippen LogP contribution in [0.4, 0.5) is 4.39 Å². The first-order valence-corrected chi connectivity index (χ1v) is 4.07. The van der Waals surface area contributed by atoms with Crippen molar-refractivity contribution in [3.63, 3.8) is 0 Å². The Kier molecular flexibility index (Phi) is 2.16. The van der Waals surface area contributed by atoms with Gasteiger partial charge in [-0.15, -0.1) is 0 Å². The van der Waals surface area contributed by atoms with Crippen molar-refractivity contribution in [1.29, 1.82) is 0 Å². The molecule has 1 heterocycles. The minimum Gasteiger partial charge on any atom is -0.493 e. The van der Waals surface area contributed by atoms with Crippen LogP contribution in [-0.2, 0) is 17.9 Å². The fraction of sp³-hybridized carbons (Fsp3) is 0.333. The van der Waals surface area contributed by atoms with Crippen molar-refractivity contribution in [2.75, 3.05) is 6.61 Å². The van der Waals surface area contributed by atoms with Gasteiger partial charge in [0.05, 0.1) is 13.2 Å². The molecule has 1 aliphatic heterocycles. The van der Waals surface area contributed by atoms with Gasteiger partial charge in [-0.3, -0.25) is 4.84 Å². The maximum Gasteiger partial charge on any atom is 0.132 e. The molecule has 0 unspecified atom stereocenters. The monoisotopic (exact) mass is 183 g/mol. The van der Waals surface area contributed by atoms with Crippen molar-refractivity contribution in [1.82, 2.24) is 0 Å². The Labute approximate surface area is 75.2 Å². The molecule has 70 valence electrons. The van der Waals surface area contributed by atoms with Gasteiger partial charge in [0.15, 0.2) is 0 Å². The van der Waals surface area contributed by atoms with Gasteiger partial charge in [0.1, 0.15) is 11.6 Å². The Morgan fingerprint density at radius 2 is 2.38 bits per heavy atom. The zero-order valence-electron chi connectivity index (χ0n) is 7.05. The summed E-state index contributed by atoms with van der Waals surface area (Å²) in [4.78, 5) is 4.39. The van der Waals surface area contributed by atoms with Crippen LogP contribution in [0.15, 0.2) is 12.1 Å². The molecule has 0 amide bonds. The zero-order chi connectivity index (χ0) is 9.26. The second-order valence-corrected chi connectivity index (χ2v) is 2.96. The van der Waals surface area contributed by atoms with E-state index < -0.39 is 0 Å². The molecular weight excluding hydrogens is 173 g/mol. The Balaban J connectivity index is 2.37. The van der Waals surface area contributed by atoms with E-state index in [0.29, 0.717) is 17.9 Å². The third-order valence-corrected chi connectivity index (χ3v) is 2.10. The van der Waals surface area contributed by atoms with Crippen molar-refractivity contribution < 1.29 is 14.0 Å². The van der Waals surface area contributed by atoms with Crippen LogP contribution in [0.3, 0.4) is 0 Å². The molecule has 3 nitrogen and oxygen atoms in total. The van der Waals surface area contributed by atoms with E-state index in [2.05, 4.69) is 4.84 Å². The molecule has 0 saturated heterocycles. The fourth-order valence-corrected chi connectivity index (χ4v) is 1.45. The van der Waals surface area contributed by atoms with E-state index >= 15 is 0 Å². The van der Waals surface area contributed by atoms with E-state index in [0.717, 1.165) is 12.0 Å². The SMILES string of the molecule is NOCc1cc2c(cc1F)OCC2. The number of hydrogen-bond donors (Lipinski definition) is 1. The molecule has 0 spiro atoms. The van der Waals surface area contributed by atoms with Crippen LogP contribution in [0, 0.1) is 5.82 Å². The summed E-state index contributed by atoms with van der Waals surface area (Å²) in [5.74, 6) is 5.19. The standard InChI is InChI=1S/C9H10FNO2/c10-8-4-9-6(1-2-12-9)3-7(8)5-13-11/h3-4H,1-2,5,11H2. The summed E-state index contributed by atoms with van der Waals surface area (Å²) in [5.41, 5.74) is 1.50. The molecule has 0 aromatic heterocycles. The van der Waals surface area contributed by atoms with Gasteiger partial charge in [-0.2, -0.15) is 0 Å². The quantitative estimate of drug-likeness (QED) is 0.699. The third kappa shape index (κ3) is 1.50. The first-order valence-electron chi connectivity index (χ1n) is 4.07. The number of hydrogen-bond acceptors (Lipinski definition) is 3. The Bertz CT molecular complexity index is 328.